The lowest BCUT2D eigenvalue weighted by Crippen LogP contribution is -2.30. The molecule has 0 aliphatic heterocycles. The van der Waals surface area contributed by atoms with Crippen LogP contribution in [0.25, 0.3) is 0 Å². The van der Waals surface area contributed by atoms with E-state index in [0.717, 1.165) is 89.9 Å². The van der Waals surface area contributed by atoms with Crippen LogP contribution in [-0.4, -0.2) is 37.2 Å². The minimum Gasteiger partial charge on any atom is -0.462 e. The third-order valence-electron chi connectivity index (χ3n) is 11.2. The van der Waals surface area contributed by atoms with Gasteiger partial charge in [-0.1, -0.05) is 203 Å². The molecule has 0 rings (SSSR count). The molecule has 0 aliphatic rings. The highest BCUT2D eigenvalue weighted by Crippen LogP contribution is 2.14. The third-order valence-corrected chi connectivity index (χ3v) is 11.2. The van der Waals surface area contributed by atoms with Crippen LogP contribution in [0.3, 0.4) is 0 Å². The molecule has 0 fully saturated rings. The van der Waals surface area contributed by atoms with E-state index in [1.54, 1.807) is 0 Å². The monoisotopic (exact) mass is 879 g/mol. The van der Waals surface area contributed by atoms with Crippen LogP contribution < -0.4 is 0 Å². The van der Waals surface area contributed by atoms with Gasteiger partial charge in [0.2, 0.25) is 0 Å². The molecule has 0 saturated heterocycles. The zero-order valence-corrected chi connectivity index (χ0v) is 41.3. The van der Waals surface area contributed by atoms with E-state index in [2.05, 4.69) is 93.7 Å². The Bertz CT molecular complexity index is 1190. The summed E-state index contributed by atoms with van der Waals surface area (Å²) in [6.45, 7) is 6.44. The molecule has 6 heteroatoms. The van der Waals surface area contributed by atoms with E-state index in [1.165, 1.54) is 116 Å². The van der Waals surface area contributed by atoms with Crippen LogP contribution in [0.4, 0.5) is 0 Å². The summed E-state index contributed by atoms with van der Waals surface area (Å²) in [5.74, 6) is -0.951. The van der Waals surface area contributed by atoms with E-state index in [4.69, 9.17) is 14.2 Å². The van der Waals surface area contributed by atoms with Crippen LogP contribution in [0.5, 0.6) is 0 Å². The van der Waals surface area contributed by atoms with E-state index in [0.29, 0.717) is 19.3 Å². The molecule has 0 N–H and O–H groups in total. The molecule has 0 aromatic rings. The number of esters is 3. The number of allylic oxidation sites excluding steroid dienone is 12. The Labute approximate surface area is 389 Å². The average molecular weight is 879 g/mol. The van der Waals surface area contributed by atoms with Crippen LogP contribution in [0, 0.1) is 0 Å². The Kier molecular flexibility index (Phi) is 48.9. The van der Waals surface area contributed by atoms with E-state index in [-0.39, 0.29) is 37.5 Å². The fourth-order valence-corrected chi connectivity index (χ4v) is 7.17. The van der Waals surface area contributed by atoms with Gasteiger partial charge in [-0.2, -0.15) is 0 Å². The molecule has 0 bridgehead atoms. The summed E-state index contributed by atoms with van der Waals surface area (Å²) in [4.78, 5) is 37.9. The second-order valence-corrected chi connectivity index (χ2v) is 17.4. The van der Waals surface area contributed by atoms with Crippen LogP contribution in [0.1, 0.15) is 252 Å². The summed E-state index contributed by atoms with van der Waals surface area (Å²) < 4.78 is 16.7. The molecular formula is C57H98O6. The molecule has 63 heavy (non-hydrogen) atoms. The van der Waals surface area contributed by atoms with Crippen LogP contribution in [-0.2, 0) is 28.6 Å². The number of hydrogen-bond donors (Lipinski definition) is 0. The van der Waals surface area contributed by atoms with Crippen molar-refractivity contribution in [1.29, 1.82) is 0 Å². The molecule has 362 valence electrons. The fraction of sp³-hybridized carbons (Fsp3) is 0.737. The number of hydrogen-bond acceptors (Lipinski definition) is 6. The Morgan fingerprint density at radius 3 is 1.06 bits per heavy atom. The van der Waals surface area contributed by atoms with Gasteiger partial charge in [0, 0.05) is 19.3 Å². The number of ether oxygens (including phenoxy) is 3. The van der Waals surface area contributed by atoms with E-state index in [9.17, 15) is 14.4 Å². The quantitative estimate of drug-likeness (QED) is 0.0262. The first kappa shape index (κ1) is 59.9. The maximum Gasteiger partial charge on any atom is 0.306 e. The molecule has 0 amide bonds. The first-order valence-electron chi connectivity index (χ1n) is 26.4. The predicted molar refractivity (Wildman–Crippen MR) is 270 cm³/mol. The lowest BCUT2D eigenvalue weighted by atomic mass is 10.1. The minimum atomic E-state index is -0.801. The van der Waals surface area contributed by atoms with Crippen molar-refractivity contribution in [1.82, 2.24) is 0 Å². The van der Waals surface area contributed by atoms with Crippen molar-refractivity contribution in [2.45, 2.75) is 258 Å². The smallest absolute Gasteiger partial charge is 0.306 e. The summed E-state index contributed by atoms with van der Waals surface area (Å²) in [5, 5.41) is 0. The molecule has 0 radical (unpaired) electrons. The van der Waals surface area contributed by atoms with Gasteiger partial charge in [0.25, 0.3) is 0 Å². The lowest BCUT2D eigenvalue weighted by Gasteiger charge is -2.18. The van der Waals surface area contributed by atoms with Crippen molar-refractivity contribution in [2.24, 2.45) is 0 Å². The molecule has 0 spiro atoms. The molecule has 0 aliphatic carbocycles. The highest BCUT2D eigenvalue weighted by Gasteiger charge is 2.19. The van der Waals surface area contributed by atoms with Gasteiger partial charge in [-0.15, -0.1) is 0 Å². The fourth-order valence-electron chi connectivity index (χ4n) is 7.17. The summed E-state index contributed by atoms with van der Waals surface area (Å²) in [5.41, 5.74) is 0. The largest absolute Gasteiger partial charge is 0.462 e. The van der Waals surface area contributed by atoms with Crippen LogP contribution >= 0.6 is 0 Å². The molecule has 0 aromatic heterocycles. The Hall–Kier alpha value is -3.15. The highest BCUT2D eigenvalue weighted by atomic mass is 16.6. The van der Waals surface area contributed by atoms with Gasteiger partial charge in [-0.05, 0) is 103 Å². The maximum absolute atomic E-state index is 12.8. The van der Waals surface area contributed by atoms with Crippen LogP contribution in [0.2, 0.25) is 0 Å². The van der Waals surface area contributed by atoms with Gasteiger partial charge >= 0.3 is 17.9 Å². The number of unbranched alkanes of at least 4 members (excludes halogenated alkanes) is 24. The number of carbonyl (C=O) groups excluding carboxylic acids is 3. The van der Waals surface area contributed by atoms with Gasteiger partial charge < -0.3 is 14.2 Å². The Morgan fingerprint density at radius 2 is 0.635 bits per heavy atom. The summed E-state index contributed by atoms with van der Waals surface area (Å²) >= 11 is 0. The number of rotatable bonds is 47. The molecule has 0 aromatic carbocycles. The van der Waals surface area contributed by atoms with Gasteiger partial charge in [0.05, 0.1) is 0 Å². The van der Waals surface area contributed by atoms with Gasteiger partial charge in [-0.25, -0.2) is 0 Å². The van der Waals surface area contributed by atoms with Crippen molar-refractivity contribution in [3.05, 3.63) is 72.9 Å². The Balaban J connectivity index is 4.40. The van der Waals surface area contributed by atoms with Crippen molar-refractivity contribution < 1.29 is 28.6 Å². The SMILES string of the molecule is CC/C=C\C/C=C\C/C=C\C/C=C\CCCCC(=O)O[C@H](COC(=O)CCCCCCC/C=C\CCCC)COC(=O)CCCCCCCCC/C=C\CCCCCCCCCC. The standard InChI is InChI=1S/C57H98O6/c1-4-7-10-13-16-19-22-24-26-27-28-29-31-32-35-38-41-44-47-50-56(59)62-53-54(52-61-55(58)49-46-43-40-37-34-21-18-15-12-9-6-3)63-57(60)51-48-45-42-39-36-33-30-25-23-20-17-14-11-8-5-2/h8,11,15,17-18,20,25,27-28,30,36,39,54H,4-7,9-10,12-14,16,19,21-24,26,29,31-35,37-38,40-53H2,1-3H3/b11-8-,18-15-,20-17-,28-27-,30-25-,39-36-/t54-/m1/s1. The van der Waals surface area contributed by atoms with Crippen molar-refractivity contribution in [2.75, 3.05) is 13.2 Å². The normalized spacial score (nSPS) is 12.6. The lowest BCUT2D eigenvalue weighted by molar-refractivity contribution is -0.167. The van der Waals surface area contributed by atoms with Crippen molar-refractivity contribution in [3.8, 4) is 0 Å². The first-order chi connectivity index (χ1) is 31.0. The van der Waals surface area contributed by atoms with Crippen LogP contribution in [0.15, 0.2) is 72.9 Å². The van der Waals surface area contributed by atoms with Gasteiger partial charge in [-0.3, -0.25) is 14.4 Å². The Morgan fingerprint density at radius 1 is 0.333 bits per heavy atom. The maximum atomic E-state index is 12.8. The zero-order valence-electron chi connectivity index (χ0n) is 41.3. The van der Waals surface area contributed by atoms with Crippen molar-refractivity contribution in [3.63, 3.8) is 0 Å². The topological polar surface area (TPSA) is 78.9 Å². The molecule has 6 nitrogen and oxygen atoms in total. The second kappa shape index (κ2) is 51.5. The van der Waals surface area contributed by atoms with E-state index >= 15 is 0 Å². The number of carbonyl (C=O) groups is 3. The van der Waals surface area contributed by atoms with E-state index < -0.39 is 6.10 Å². The van der Waals surface area contributed by atoms with Crippen molar-refractivity contribution >= 4 is 17.9 Å². The molecular weight excluding hydrogens is 781 g/mol. The highest BCUT2D eigenvalue weighted by molar-refractivity contribution is 5.71. The van der Waals surface area contributed by atoms with Gasteiger partial charge in [0.15, 0.2) is 6.10 Å². The van der Waals surface area contributed by atoms with E-state index in [1.807, 2.05) is 0 Å². The molecule has 1 atom stereocenters. The summed E-state index contributed by atoms with van der Waals surface area (Å²) in [6.07, 6.45) is 64.6. The average Bonchev–Trinajstić information content (AvgIpc) is 3.28. The zero-order chi connectivity index (χ0) is 45.8. The summed E-state index contributed by atoms with van der Waals surface area (Å²) in [6, 6.07) is 0. The second-order valence-electron chi connectivity index (χ2n) is 17.4. The first-order valence-corrected chi connectivity index (χ1v) is 26.4. The van der Waals surface area contributed by atoms with Gasteiger partial charge in [0.1, 0.15) is 13.2 Å². The third kappa shape index (κ3) is 49.7. The minimum absolute atomic E-state index is 0.0970. The molecule has 0 unspecified atom stereocenters. The molecule has 0 heterocycles. The predicted octanol–water partition coefficient (Wildman–Crippen LogP) is 17.4. The molecule has 0 saturated carbocycles. The summed E-state index contributed by atoms with van der Waals surface area (Å²) in [7, 11) is 0.